The van der Waals surface area contributed by atoms with Crippen molar-refractivity contribution in [3.63, 3.8) is 0 Å². The Morgan fingerprint density at radius 3 is 2.60 bits per heavy atom. The van der Waals surface area contributed by atoms with E-state index in [1.807, 2.05) is 25.2 Å². The Morgan fingerprint density at radius 1 is 1.12 bits per heavy atom. The van der Waals surface area contributed by atoms with Crippen LogP contribution >= 0.6 is 24.0 Å². The van der Waals surface area contributed by atoms with E-state index in [9.17, 15) is 0 Å². The van der Waals surface area contributed by atoms with Gasteiger partial charge in [0.15, 0.2) is 17.5 Å². The van der Waals surface area contributed by atoms with Crippen molar-refractivity contribution >= 4 is 35.6 Å². The van der Waals surface area contributed by atoms with Gasteiger partial charge in [0, 0.05) is 25.8 Å². The molecule has 0 bridgehead atoms. The van der Waals surface area contributed by atoms with E-state index >= 15 is 0 Å². The zero-order valence-corrected chi connectivity index (χ0v) is 17.1. The van der Waals surface area contributed by atoms with Gasteiger partial charge in [-0.25, -0.2) is 0 Å². The molecule has 0 unspecified atom stereocenters. The fourth-order valence-corrected chi connectivity index (χ4v) is 3.03. The molecular weight excluding hydrogens is 429 g/mol. The van der Waals surface area contributed by atoms with Crippen LogP contribution < -0.4 is 19.7 Å². The van der Waals surface area contributed by atoms with Gasteiger partial charge in [-0.3, -0.25) is 4.99 Å². The first-order chi connectivity index (χ1) is 11.8. The maximum Gasteiger partial charge on any atom is 0.198 e. The molecule has 1 aliphatic rings. The van der Waals surface area contributed by atoms with Crippen LogP contribution in [0, 0.1) is 0 Å². The van der Waals surface area contributed by atoms with Crippen LogP contribution in [-0.4, -0.2) is 33.8 Å². The molecule has 1 heterocycles. The van der Waals surface area contributed by atoms with Gasteiger partial charge in [-0.15, -0.1) is 24.0 Å². The van der Waals surface area contributed by atoms with Gasteiger partial charge >= 0.3 is 0 Å². The minimum Gasteiger partial charge on any atom is -0.493 e. The largest absolute Gasteiger partial charge is 0.493 e. The Bertz CT molecular complexity index is 749. The smallest absolute Gasteiger partial charge is 0.198 e. The lowest BCUT2D eigenvalue weighted by molar-refractivity contribution is 0.354. The van der Waals surface area contributed by atoms with Crippen LogP contribution in [0.5, 0.6) is 11.5 Å². The van der Waals surface area contributed by atoms with Crippen LogP contribution in [0.3, 0.4) is 0 Å². The summed E-state index contributed by atoms with van der Waals surface area (Å²) in [6, 6.07) is 14.4. The maximum absolute atomic E-state index is 5.36. The number of ether oxygens (including phenoxy) is 2. The zero-order valence-electron chi connectivity index (χ0n) is 14.8. The number of nitrogens with one attached hydrogen (secondary N) is 1. The molecule has 0 atom stereocenters. The van der Waals surface area contributed by atoms with Crippen molar-refractivity contribution in [1.29, 1.82) is 0 Å². The first-order valence-electron chi connectivity index (χ1n) is 8.04. The summed E-state index contributed by atoms with van der Waals surface area (Å²) in [7, 11) is 5.11. The summed E-state index contributed by atoms with van der Waals surface area (Å²) in [5, 5.41) is 3.44. The van der Waals surface area contributed by atoms with E-state index in [0.717, 1.165) is 36.0 Å². The number of halogens is 1. The molecule has 3 rings (SSSR count). The van der Waals surface area contributed by atoms with E-state index in [4.69, 9.17) is 9.47 Å². The van der Waals surface area contributed by atoms with Crippen molar-refractivity contribution in [2.75, 3.05) is 32.7 Å². The topological polar surface area (TPSA) is 46.1 Å². The van der Waals surface area contributed by atoms with Crippen molar-refractivity contribution < 1.29 is 9.47 Å². The van der Waals surface area contributed by atoms with Gasteiger partial charge in [-0.05, 0) is 35.7 Å². The quantitative estimate of drug-likeness (QED) is 0.438. The molecule has 0 spiro atoms. The SMILES string of the molecule is CN=C(NCc1ccc(OC)c(OC)c1)N1CCc2ccccc21.I. The zero-order chi connectivity index (χ0) is 16.9. The highest BCUT2D eigenvalue weighted by Crippen LogP contribution is 2.29. The molecule has 25 heavy (non-hydrogen) atoms. The standard InChI is InChI=1S/C19H23N3O2.HI/c1-20-19(22-11-10-15-6-4-5-7-16(15)22)21-13-14-8-9-17(23-2)18(12-14)24-3;/h4-9,12H,10-11,13H2,1-3H3,(H,20,21);1H. The van der Waals surface area contributed by atoms with Gasteiger partial charge in [-0.2, -0.15) is 0 Å². The molecule has 6 heteroatoms. The molecule has 0 radical (unpaired) electrons. The average Bonchev–Trinajstić information content (AvgIpc) is 3.06. The lowest BCUT2D eigenvalue weighted by atomic mass is 10.2. The number of nitrogens with zero attached hydrogens (tertiary/aromatic N) is 2. The van der Waals surface area contributed by atoms with Crippen LogP contribution in [0.1, 0.15) is 11.1 Å². The average molecular weight is 453 g/mol. The lowest BCUT2D eigenvalue weighted by Gasteiger charge is -2.22. The van der Waals surface area contributed by atoms with Crippen LogP contribution in [0.2, 0.25) is 0 Å². The minimum absolute atomic E-state index is 0. The summed E-state index contributed by atoms with van der Waals surface area (Å²) in [5.41, 5.74) is 3.71. The predicted octanol–water partition coefficient (Wildman–Crippen LogP) is 3.46. The van der Waals surface area contributed by atoms with Gasteiger partial charge in [-0.1, -0.05) is 24.3 Å². The van der Waals surface area contributed by atoms with Gasteiger partial charge in [0.1, 0.15) is 0 Å². The highest BCUT2D eigenvalue weighted by Gasteiger charge is 2.22. The minimum atomic E-state index is 0. The Hall–Kier alpha value is -1.96. The van der Waals surface area contributed by atoms with E-state index in [-0.39, 0.29) is 24.0 Å². The molecule has 2 aromatic carbocycles. The summed E-state index contributed by atoms with van der Waals surface area (Å²) in [6.45, 7) is 1.62. The van der Waals surface area contributed by atoms with Gasteiger partial charge in [0.05, 0.1) is 14.2 Å². The number of benzene rings is 2. The van der Waals surface area contributed by atoms with E-state index in [1.54, 1.807) is 14.2 Å². The molecule has 0 aromatic heterocycles. The summed E-state index contributed by atoms with van der Waals surface area (Å²) >= 11 is 0. The number of hydrogen-bond acceptors (Lipinski definition) is 3. The van der Waals surface area contributed by atoms with Crippen LogP contribution in [-0.2, 0) is 13.0 Å². The third kappa shape index (κ3) is 4.18. The van der Waals surface area contributed by atoms with Crippen LogP contribution in [0.25, 0.3) is 0 Å². The van der Waals surface area contributed by atoms with Crippen molar-refractivity contribution in [1.82, 2.24) is 5.32 Å². The number of aliphatic imine (C=N–C) groups is 1. The van der Waals surface area contributed by atoms with Gasteiger partial charge in [0.25, 0.3) is 0 Å². The highest BCUT2D eigenvalue weighted by atomic mass is 127. The van der Waals surface area contributed by atoms with E-state index in [0.29, 0.717) is 6.54 Å². The molecule has 0 saturated heterocycles. The van der Waals surface area contributed by atoms with Crippen molar-refractivity contribution in [3.05, 3.63) is 53.6 Å². The van der Waals surface area contributed by atoms with Crippen LogP contribution in [0.15, 0.2) is 47.5 Å². The number of rotatable bonds is 4. The highest BCUT2D eigenvalue weighted by molar-refractivity contribution is 14.0. The lowest BCUT2D eigenvalue weighted by Crippen LogP contribution is -2.40. The number of fused-ring (bicyclic) bond motifs is 1. The second kappa shape index (κ2) is 8.94. The first-order valence-corrected chi connectivity index (χ1v) is 8.04. The number of methoxy groups -OCH3 is 2. The maximum atomic E-state index is 5.36. The van der Waals surface area contributed by atoms with E-state index in [1.165, 1.54) is 11.3 Å². The summed E-state index contributed by atoms with van der Waals surface area (Å²) in [4.78, 5) is 6.67. The molecule has 1 N–H and O–H groups in total. The fourth-order valence-electron chi connectivity index (χ4n) is 3.03. The number of para-hydroxylation sites is 1. The third-order valence-electron chi connectivity index (χ3n) is 4.25. The summed E-state index contributed by atoms with van der Waals surface area (Å²) in [6.07, 6.45) is 1.05. The Balaban J connectivity index is 0.00000225. The van der Waals surface area contributed by atoms with E-state index in [2.05, 4.69) is 39.5 Å². The van der Waals surface area contributed by atoms with Crippen molar-refractivity contribution in [3.8, 4) is 11.5 Å². The molecule has 0 amide bonds. The van der Waals surface area contributed by atoms with Gasteiger partial charge < -0.3 is 19.7 Å². The predicted molar refractivity (Wildman–Crippen MR) is 113 cm³/mol. The summed E-state index contributed by atoms with van der Waals surface area (Å²) < 4.78 is 10.6. The molecule has 1 aliphatic heterocycles. The molecule has 134 valence electrons. The number of guanidine groups is 1. The Morgan fingerprint density at radius 2 is 1.88 bits per heavy atom. The second-order valence-corrected chi connectivity index (χ2v) is 5.62. The molecule has 2 aromatic rings. The summed E-state index contributed by atoms with van der Waals surface area (Å²) in [5.74, 6) is 2.35. The third-order valence-corrected chi connectivity index (χ3v) is 4.25. The molecular formula is C19H24IN3O2. The molecule has 5 nitrogen and oxygen atoms in total. The fraction of sp³-hybridized carbons (Fsp3) is 0.316. The van der Waals surface area contributed by atoms with Crippen molar-refractivity contribution in [2.24, 2.45) is 4.99 Å². The van der Waals surface area contributed by atoms with Gasteiger partial charge in [0.2, 0.25) is 0 Å². The van der Waals surface area contributed by atoms with E-state index < -0.39 is 0 Å². The number of hydrogen-bond donors (Lipinski definition) is 1. The monoisotopic (exact) mass is 453 g/mol. The molecule has 0 fully saturated rings. The molecule has 0 saturated carbocycles. The van der Waals surface area contributed by atoms with Crippen LogP contribution in [0.4, 0.5) is 5.69 Å². The molecule has 0 aliphatic carbocycles. The Labute approximate surface area is 166 Å². The first kappa shape index (κ1) is 19.4. The number of anilines is 1. The van der Waals surface area contributed by atoms with Crippen molar-refractivity contribution in [2.45, 2.75) is 13.0 Å². The normalized spacial score (nSPS) is 13.1. The Kier molecular flexibility index (Phi) is 6.92. The second-order valence-electron chi connectivity index (χ2n) is 5.62.